The van der Waals surface area contributed by atoms with Gasteiger partial charge in [0.2, 0.25) is 0 Å². The van der Waals surface area contributed by atoms with E-state index in [2.05, 4.69) is 31.0 Å². The molecule has 1 atom stereocenters. The average Bonchev–Trinajstić information content (AvgIpc) is 2.12. The summed E-state index contributed by atoms with van der Waals surface area (Å²) < 4.78 is 0. The highest BCUT2D eigenvalue weighted by Gasteiger charge is 2.07. The van der Waals surface area contributed by atoms with Crippen LogP contribution in [0.4, 0.5) is 0 Å². The van der Waals surface area contributed by atoms with E-state index in [9.17, 15) is 0 Å². The van der Waals surface area contributed by atoms with Gasteiger partial charge in [0.1, 0.15) is 0 Å². The largest absolute Gasteiger partial charge is 0.257 e. The fourth-order valence-electron chi connectivity index (χ4n) is 1.64. The lowest BCUT2D eigenvalue weighted by molar-refractivity contribution is 0.762. The van der Waals surface area contributed by atoms with Crippen molar-refractivity contribution < 1.29 is 0 Å². The number of aromatic nitrogens is 1. The summed E-state index contributed by atoms with van der Waals surface area (Å²) in [5.74, 6) is 0.682. The number of fused-ring (bicyclic) bond motifs is 1. The molecular weight excluding hydrogens is 146 g/mol. The highest BCUT2D eigenvalue weighted by atomic mass is 14.6. The molecule has 2 rings (SSSR count). The minimum Gasteiger partial charge on any atom is -0.257 e. The van der Waals surface area contributed by atoms with Crippen molar-refractivity contribution in [1.82, 2.24) is 4.98 Å². The Morgan fingerprint density at radius 3 is 3.17 bits per heavy atom. The first kappa shape index (κ1) is 7.53. The number of pyridine rings is 1. The minimum absolute atomic E-state index is 0.682. The lowest BCUT2D eigenvalue weighted by atomic mass is 9.93. The van der Waals surface area contributed by atoms with Gasteiger partial charge in [0.15, 0.2) is 0 Å². The number of hydrogen-bond donors (Lipinski definition) is 0. The molecule has 0 saturated heterocycles. The second-order valence-electron chi connectivity index (χ2n) is 3.46. The summed E-state index contributed by atoms with van der Waals surface area (Å²) in [5, 5.41) is 2.49. The van der Waals surface area contributed by atoms with Crippen LogP contribution in [0.15, 0.2) is 18.3 Å². The predicted octanol–water partition coefficient (Wildman–Crippen LogP) is 1.07. The molecule has 0 amide bonds. The maximum atomic E-state index is 4.33. The van der Waals surface area contributed by atoms with Crippen LogP contribution in [0.25, 0.3) is 11.6 Å². The summed E-state index contributed by atoms with van der Waals surface area (Å²) in [7, 11) is 0. The molecular formula is C11H13N. The summed E-state index contributed by atoms with van der Waals surface area (Å²) >= 11 is 0. The van der Waals surface area contributed by atoms with E-state index in [1.807, 2.05) is 12.3 Å². The van der Waals surface area contributed by atoms with Gasteiger partial charge in [-0.25, -0.2) is 0 Å². The van der Waals surface area contributed by atoms with Crippen molar-refractivity contribution in [2.75, 3.05) is 0 Å². The van der Waals surface area contributed by atoms with Crippen LogP contribution < -0.4 is 10.6 Å². The Morgan fingerprint density at radius 2 is 2.33 bits per heavy atom. The fourth-order valence-corrected chi connectivity index (χ4v) is 1.64. The standard InChI is InChI=1S/C11H13N/c1-8-5-6-11-10(9(8)2)4-3-7-12-11/h3-4,6-8H,5H2,1-2H3. The molecule has 1 aromatic rings. The Morgan fingerprint density at radius 1 is 1.50 bits per heavy atom. The number of hydrogen-bond acceptors (Lipinski definition) is 1. The zero-order valence-electron chi connectivity index (χ0n) is 7.54. The molecule has 0 radical (unpaired) electrons. The minimum atomic E-state index is 0.682. The molecule has 0 fully saturated rings. The third-order valence-electron chi connectivity index (χ3n) is 2.67. The van der Waals surface area contributed by atoms with Crippen LogP contribution in [0.2, 0.25) is 0 Å². The maximum Gasteiger partial charge on any atom is 0.0661 e. The van der Waals surface area contributed by atoms with Gasteiger partial charge < -0.3 is 0 Å². The Bertz CT molecular complexity index is 403. The normalized spacial score (nSPS) is 21.5. The second kappa shape index (κ2) is 2.74. The molecule has 62 valence electrons. The van der Waals surface area contributed by atoms with Crippen LogP contribution >= 0.6 is 0 Å². The van der Waals surface area contributed by atoms with Gasteiger partial charge in [0.05, 0.1) is 5.35 Å². The summed E-state index contributed by atoms with van der Waals surface area (Å²) in [6.45, 7) is 4.47. The first-order chi connectivity index (χ1) is 5.79. The molecule has 1 aromatic heterocycles. The fraction of sp³-hybridized carbons (Fsp3) is 0.364. The van der Waals surface area contributed by atoms with Gasteiger partial charge in [-0.1, -0.05) is 24.6 Å². The van der Waals surface area contributed by atoms with Crippen LogP contribution in [0, 0.1) is 5.92 Å². The van der Waals surface area contributed by atoms with Crippen molar-refractivity contribution in [3.63, 3.8) is 0 Å². The van der Waals surface area contributed by atoms with Gasteiger partial charge in [-0.05, 0) is 30.5 Å². The van der Waals surface area contributed by atoms with Gasteiger partial charge in [0, 0.05) is 6.20 Å². The first-order valence-corrected chi connectivity index (χ1v) is 4.41. The Kier molecular flexibility index (Phi) is 1.72. The van der Waals surface area contributed by atoms with Gasteiger partial charge >= 0.3 is 0 Å². The zero-order chi connectivity index (χ0) is 8.55. The molecule has 0 saturated carbocycles. The van der Waals surface area contributed by atoms with E-state index in [4.69, 9.17) is 0 Å². The molecule has 1 heteroatoms. The van der Waals surface area contributed by atoms with E-state index in [1.54, 1.807) is 0 Å². The Labute approximate surface area is 72.5 Å². The molecule has 1 nitrogen and oxygen atoms in total. The van der Waals surface area contributed by atoms with Crippen LogP contribution in [-0.2, 0) is 0 Å². The van der Waals surface area contributed by atoms with Crippen LogP contribution in [0.1, 0.15) is 20.3 Å². The SMILES string of the molecule is CC1=c2cccnc2=CCC1C. The van der Waals surface area contributed by atoms with Crippen molar-refractivity contribution in [2.45, 2.75) is 20.3 Å². The Hall–Kier alpha value is -1.11. The van der Waals surface area contributed by atoms with Gasteiger partial charge in [-0.15, -0.1) is 0 Å². The lowest BCUT2D eigenvalue weighted by Crippen LogP contribution is -2.33. The molecule has 1 unspecified atom stereocenters. The third-order valence-corrected chi connectivity index (χ3v) is 2.67. The molecule has 0 N–H and O–H groups in total. The van der Waals surface area contributed by atoms with Crippen LogP contribution in [0.3, 0.4) is 0 Å². The zero-order valence-corrected chi connectivity index (χ0v) is 7.54. The van der Waals surface area contributed by atoms with Crippen LogP contribution in [-0.4, -0.2) is 4.98 Å². The van der Waals surface area contributed by atoms with Gasteiger partial charge in [-0.2, -0.15) is 0 Å². The highest BCUT2D eigenvalue weighted by molar-refractivity contribution is 5.50. The third kappa shape index (κ3) is 1.06. The average molecular weight is 159 g/mol. The number of nitrogens with zero attached hydrogens (tertiary/aromatic N) is 1. The summed E-state index contributed by atoms with van der Waals surface area (Å²) in [6.07, 6.45) is 5.22. The molecule has 0 aromatic carbocycles. The van der Waals surface area contributed by atoms with E-state index < -0.39 is 0 Å². The van der Waals surface area contributed by atoms with E-state index in [-0.39, 0.29) is 0 Å². The molecule has 0 spiro atoms. The summed E-state index contributed by atoms with van der Waals surface area (Å²) in [4.78, 5) is 4.33. The monoisotopic (exact) mass is 159 g/mol. The molecule has 0 aliphatic heterocycles. The lowest BCUT2D eigenvalue weighted by Gasteiger charge is -2.13. The van der Waals surface area contributed by atoms with Crippen molar-refractivity contribution in [3.05, 3.63) is 28.9 Å². The molecule has 0 bridgehead atoms. The summed E-state index contributed by atoms with van der Waals surface area (Å²) in [6, 6.07) is 4.16. The second-order valence-corrected chi connectivity index (χ2v) is 3.46. The van der Waals surface area contributed by atoms with Crippen molar-refractivity contribution >= 4 is 11.6 Å². The summed E-state index contributed by atoms with van der Waals surface area (Å²) in [5.41, 5.74) is 1.47. The quantitative estimate of drug-likeness (QED) is 0.552. The van der Waals surface area contributed by atoms with Crippen molar-refractivity contribution in [2.24, 2.45) is 5.92 Å². The molecule has 1 aliphatic rings. The highest BCUT2D eigenvalue weighted by Crippen LogP contribution is 2.15. The van der Waals surface area contributed by atoms with E-state index in [0.717, 1.165) is 11.8 Å². The van der Waals surface area contributed by atoms with Crippen LogP contribution in [0.5, 0.6) is 0 Å². The first-order valence-electron chi connectivity index (χ1n) is 4.41. The van der Waals surface area contributed by atoms with Crippen molar-refractivity contribution in [3.8, 4) is 0 Å². The van der Waals surface area contributed by atoms with E-state index in [1.165, 1.54) is 10.8 Å². The van der Waals surface area contributed by atoms with Crippen molar-refractivity contribution in [1.29, 1.82) is 0 Å². The maximum absolute atomic E-state index is 4.33. The molecule has 1 heterocycles. The van der Waals surface area contributed by atoms with Gasteiger partial charge in [0.25, 0.3) is 0 Å². The predicted molar refractivity (Wildman–Crippen MR) is 50.8 cm³/mol. The number of rotatable bonds is 0. The van der Waals surface area contributed by atoms with E-state index >= 15 is 0 Å². The van der Waals surface area contributed by atoms with Gasteiger partial charge in [-0.3, -0.25) is 4.98 Å². The smallest absolute Gasteiger partial charge is 0.0661 e. The van der Waals surface area contributed by atoms with E-state index in [0.29, 0.717) is 5.92 Å². The topological polar surface area (TPSA) is 12.9 Å². The molecule has 1 aliphatic carbocycles. The molecule has 12 heavy (non-hydrogen) atoms. The Balaban J connectivity index is 2.83.